The maximum atomic E-state index is 12.2. The van der Waals surface area contributed by atoms with Gasteiger partial charge in [0.15, 0.2) is 5.13 Å². The highest BCUT2D eigenvalue weighted by atomic mass is 32.2. The van der Waals surface area contributed by atoms with E-state index in [0.717, 1.165) is 10.9 Å². The van der Waals surface area contributed by atoms with Gasteiger partial charge in [-0.15, -0.1) is 11.3 Å². The SMILES string of the molecule is Cc1cnc(NS(=O)(=O)c2ccc(C)c(C(=O)O)c2)s1. The van der Waals surface area contributed by atoms with Crippen LogP contribution in [0.4, 0.5) is 5.13 Å². The van der Waals surface area contributed by atoms with E-state index in [9.17, 15) is 13.2 Å². The fourth-order valence-corrected chi connectivity index (χ4v) is 3.51. The van der Waals surface area contributed by atoms with Gasteiger partial charge in [-0.25, -0.2) is 18.2 Å². The summed E-state index contributed by atoms with van der Waals surface area (Å²) in [5.41, 5.74) is 0.463. The Morgan fingerprint density at radius 1 is 1.35 bits per heavy atom. The molecule has 0 spiro atoms. The van der Waals surface area contributed by atoms with Gasteiger partial charge in [0, 0.05) is 11.1 Å². The lowest BCUT2D eigenvalue weighted by atomic mass is 10.1. The predicted octanol–water partition coefficient (Wildman–Crippen LogP) is 2.26. The highest BCUT2D eigenvalue weighted by molar-refractivity contribution is 7.93. The molecule has 6 nitrogen and oxygen atoms in total. The van der Waals surface area contributed by atoms with Crippen molar-refractivity contribution in [1.29, 1.82) is 0 Å². The third kappa shape index (κ3) is 2.97. The molecule has 1 heterocycles. The molecule has 0 radical (unpaired) electrons. The molecule has 2 aromatic rings. The number of sulfonamides is 1. The van der Waals surface area contributed by atoms with Gasteiger partial charge in [0.2, 0.25) is 0 Å². The zero-order valence-corrected chi connectivity index (χ0v) is 12.4. The van der Waals surface area contributed by atoms with E-state index in [4.69, 9.17) is 5.11 Å². The van der Waals surface area contributed by atoms with Crippen molar-refractivity contribution in [3.63, 3.8) is 0 Å². The Labute approximate surface area is 120 Å². The Hall–Kier alpha value is -1.93. The lowest BCUT2D eigenvalue weighted by Crippen LogP contribution is -2.14. The molecule has 0 unspecified atom stereocenters. The summed E-state index contributed by atoms with van der Waals surface area (Å²) in [6.45, 7) is 3.42. The number of anilines is 1. The second-order valence-electron chi connectivity index (χ2n) is 4.16. The van der Waals surface area contributed by atoms with Gasteiger partial charge in [-0.2, -0.15) is 0 Å². The Kier molecular flexibility index (Phi) is 3.78. The Morgan fingerprint density at radius 3 is 2.60 bits per heavy atom. The van der Waals surface area contributed by atoms with Crippen molar-refractivity contribution in [2.45, 2.75) is 18.7 Å². The van der Waals surface area contributed by atoms with Crippen molar-refractivity contribution in [2.24, 2.45) is 0 Å². The van der Waals surface area contributed by atoms with Crippen molar-refractivity contribution < 1.29 is 18.3 Å². The van der Waals surface area contributed by atoms with Gasteiger partial charge < -0.3 is 5.11 Å². The van der Waals surface area contributed by atoms with E-state index < -0.39 is 16.0 Å². The first-order chi connectivity index (χ1) is 9.29. The summed E-state index contributed by atoms with van der Waals surface area (Å²) in [6.07, 6.45) is 1.56. The van der Waals surface area contributed by atoms with Crippen molar-refractivity contribution in [1.82, 2.24) is 4.98 Å². The molecule has 8 heteroatoms. The number of carboxylic acid groups (broad SMARTS) is 1. The van der Waals surface area contributed by atoms with E-state index in [0.29, 0.717) is 5.56 Å². The number of nitrogens with one attached hydrogen (secondary N) is 1. The van der Waals surface area contributed by atoms with Gasteiger partial charge in [-0.1, -0.05) is 6.07 Å². The van der Waals surface area contributed by atoms with Gasteiger partial charge >= 0.3 is 5.97 Å². The van der Waals surface area contributed by atoms with Crippen LogP contribution in [0.3, 0.4) is 0 Å². The fourth-order valence-electron chi connectivity index (χ4n) is 1.57. The van der Waals surface area contributed by atoms with Crippen molar-refractivity contribution >= 4 is 32.5 Å². The lowest BCUT2D eigenvalue weighted by Gasteiger charge is -2.07. The minimum atomic E-state index is -3.84. The first-order valence-electron chi connectivity index (χ1n) is 5.59. The molecule has 2 N–H and O–H groups in total. The average molecular weight is 312 g/mol. The molecule has 0 aliphatic heterocycles. The molecule has 0 atom stereocenters. The second-order valence-corrected chi connectivity index (χ2v) is 7.08. The van der Waals surface area contributed by atoms with E-state index in [1.807, 2.05) is 6.92 Å². The van der Waals surface area contributed by atoms with Crippen LogP contribution in [-0.4, -0.2) is 24.5 Å². The number of rotatable bonds is 4. The largest absolute Gasteiger partial charge is 0.478 e. The maximum Gasteiger partial charge on any atom is 0.335 e. The topological polar surface area (TPSA) is 96.4 Å². The van der Waals surface area contributed by atoms with Crippen LogP contribution < -0.4 is 4.72 Å². The smallest absolute Gasteiger partial charge is 0.335 e. The first-order valence-corrected chi connectivity index (χ1v) is 7.89. The van der Waals surface area contributed by atoms with Crippen LogP contribution >= 0.6 is 11.3 Å². The minimum absolute atomic E-state index is 0.0387. The minimum Gasteiger partial charge on any atom is -0.478 e. The average Bonchev–Trinajstić information content (AvgIpc) is 2.73. The van der Waals surface area contributed by atoms with E-state index in [1.54, 1.807) is 13.1 Å². The van der Waals surface area contributed by atoms with Crippen LogP contribution in [0.5, 0.6) is 0 Å². The molecule has 20 heavy (non-hydrogen) atoms. The van der Waals surface area contributed by atoms with E-state index in [1.165, 1.54) is 23.5 Å². The number of hydrogen-bond acceptors (Lipinski definition) is 5. The molecular formula is C12H12N2O4S2. The van der Waals surface area contributed by atoms with Gasteiger partial charge in [0.1, 0.15) is 0 Å². The molecule has 0 amide bonds. The molecule has 2 rings (SSSR count). The number of aromatic carboxylic acids is 1. The molecule has 1 aromatic carbocycles. The van der Waals surface area contributed by atoms with E-state index >= 15 is 0 Å². The van der Waals surface area contributed by atoms with Crippen molar-refractivity contribution in [3.05, 3.63) is 40.4 Å². The summed E-state index contributed by atoms with van der Waals surface area (Å²) >= 11 is 1.21. The normalized spacial score (nSPS) is 11.3. The number of hydrogen-bond donors (Lipinski definition) is 2. The molecule has 0 bridgehead atoms. The number of carboxylic acids is 1. The molecule has 0 aliphatic carbocycles. The van der Waals surface area contributed by atoms with Crippen LogP contribution in [-0.2, 0) is 10.0 Å². The van der Waals surface area contributed by atoms with Gasteiger partial charge in [0.05, 0.1) is 10.5 Å². The summed E-state index contributed by atoms with van der Waals surface area (Å²) in [5.74, 6) is -1.16. The Balaban J connectivity index is 2.39. The number of benzene rings is 1. The monoisotopic (exact) mass is 312 g/mol. The summed E-state index contributed by atoms with van der Waals surface area (Å²) in [7, 11) is -3.84. The molecule has 0 aliphatic rings. The second kappa shape index (κ2) is 5.22. The van der Waals surface area contributed by atoms with Crippen LogP contribution in [0.2, 0.25) is 0 Å². The summed E-state index contributed by atoms with van der Waals surface area (Å²) in [5, 5.41) is 9.27. The number of aryl methyl sites for hydroxylation is 2. The number of nitrogens with zero attached hydrogens (tertiary/aromatic N) is 1. The van der Waals surface area contributed by atoms with Gasteiger partial charge in [-0.05, 0) is 31.5 Å². The first kappa shape index (κ1) is 14.5. The molecular weight excluding hydrogens is 300 g/mol. The van der Waals surface area contributed by atoms with Crippen LogP contribution in [0.25, 0.3) is 0 Å². The standard InChI is InChI=1S/C12H12N2O4S2/c1-7-3-4-9(5-10(7)11(15)16)20(17,18)14-12-13-6-8(2)19-12/h3-6H,1-2H3,(H,13,14)(H,15,16). The maximum absolute atomic E-state index is 12.2. The zero-order valence-electron chi connectivity index (χ0n) is 10.7. The van der Waals surface area contributed by atoms with Crippen molar-refractivity contribution in [3.8, 4) is 0 Å². The van der Waals surface area contributed by atoms with Crippen molar-refractivity contribution in [2.75, 3.05) is 4.72 Å². The summed E-state index contributed by atoms with van der Waals surface area (Å²) in [4.78, 5) is 15.7. The zero-order chi connectivity index (χ0) is 14.9. The predicted molar refractivity (Wildman–Crippen MR) is 75.8 cm³/mol. The van der Waals surface area contributed by atoms with Gasteiger partial charge in [-0.3, -0.25) is 4.72 Å². The van der Waals surface area contributed by atoms with E-state index in [-0.39, 0.29) is 15.6 Å². The molecule has 0 saturated carbocycles. The molecule has 106 valence electrons. The van der Waals surface area contributed by atoms with E-state index in [2.05, 4.69) is 9.71 Å². The van der Waals surface area contributed by atoms with Crippen LogP contribution in [0, 0.1) is 13.8 Å². The fraction of sp³-hybridized carbons (Fsp3) is 0.167. The summed E-state index contributed by atoms with van der Waals surface area (Å²) < 4.78 is 26.6. The van der Waals surface area contributed by atoms with Crippen LogP contribution in [0.1, 0.15) is 20.8 Å². The Bertz CT molecular complexity index is 766. The highest BCUT2D eigenvalue weighted by Gasteiger charge is 2.19. The van der Waals surface area contributed by atoms with Crippen LogP contribution in [0.15, 0.2) is 29.3 Å². The van der Waals surface area contributed by atoms with Gasteiger partial charge in [0.25, 0.3) is 10.0 Å². The highest BCUT2D eigenvalue weighted by Crippen LogP contribution is 2.22. The number of carbonyl (C=O) groups is 1. The third-order valence-corrected chi connectivity index (χ3v) is 4.89. The lowest BCUT2D eigenvalue weighted by molar-refractivity contribution is 0.0696. The number of aromatic nitrogens is 1. The molecule has 0 fully saturated rings. The molecule has 1 aromatic heterocycles. The number of thiazole rings is 1. The third-order valence-electron chi connectivity index (χ3n) is 2.59. The quantitative estimate of drug-likeness (QED) is 0.902. The summed E-state index contributed by atoms with van der Waals surface area (Å²) in [6, 6.07) is 3.97. The molecule has 0 saturated heterocycles. The Morgan fingerprint density at radius 2 is 2.05 bits per heavy atom.